The number of carboxylic acids is 1. The number of carbonyl (C=O) groups is 3. The van der Waals surface area contributed by atoms with Gasteiger partial charge < -0.3 is 20.1 Å². The summed E-state index contributed by atoms with van der Waals surface area (Å²) in [5.41, 5.74) is 4.64. The molecule has 1 heterocycles. The maximum absolute atomic E-state index is 12.8. The second kappa shape index (κ2) is 10.3. The number of benzene rings is 2. The molecule has 2 aliphatic rings. The van der Waals surface area contributed by atoms with Gasteiger partial charge in [0.05, 0.1) is 0 Å². The van der Waals surface area contributed by atoms with Gasteiger partial charge in [0.25, 0.3) is 0 Å². The number of carbonyl (C=O) groups excluding carboxylic acids is 2. The van der Waals surface area contributed by atoms with Gasteiger partial charge in [-0.15, -0.1) is 0 Å². The van der Waals surface area contributed by atoms with E-state index in [0.29, 0.717) is 19.5 Å². The fraction of sp³-hybridized carbons (Fsp3) is 0.444. The van der Waals surface area contributed by atoms with Crippen LogP contribution in [0.25, 0.3) is 11.1 Å². The molecule has 0 radical (unpaired) electrons. The minimum Gasteiger partial charge on any atom is -0.481 e. The van der Waals surface area contributed by atoms with Gasteiger partial charge in [-0.1, -0.05) is 62.4 Å². The summed E-state index contributed by atoms with van der Waals surface area (Å²) in [5.74, 6) is -0.884. The molecule has 1 saturated heterocycles. The molecular weight excluding hydrogens is 432 g/mol. The number of hydrogen-bond acceptors (Lipinski definition) is 4. The lowest BCUT2D eigenvalue weighted by molar-refractivity contribution is -0.138. The van der Waals surface area contributed by atoms with E-state index in [2.05, 4.69) is 29.6 Å². The van der Waals surface area contributed by atoms with Crippen LogP contribution >= 0.6 is 0 Å². The van der Waals surface area contributed by atoms with Gasteiger partial charge in [0, 0.05) is 37.9 Å². The van der Waals surface area contributed by atoms with Crippen LogP contribution in [0.15, 0.2) is 48.5 Å². The molecule has 2 N–H and O–H groups in total. The molecule has 4 rings (SSSR count). The van der Waals surface area contributed by atoms with Crippen LogP contribution in [-0.2, 0) is 14.3 Å². The van der Waals surface area contributed by atoms with Crippen LogP contribution < -0.4 is 5.32 Å². The summed E-state index contributed by atoms with van der Waals surface area (Å²) in [4.78, 5) is 38.2. The molecule has 1 aliphatic carbocycles. The highest BCUT2D eigenvalue weighted by atomic mass is 16.5. The Bertz CT molecular complexity index is 1020. The van der Waals surface area contributed by atoms with E-state index in [1.807, 2.05) is 38.1 Å². The Balaban J connectivity index is 1.33. The Hall–Kier alpha value is -3.35. The van der Waals surface area contributed by atoms with E-state index in [1.165, 1.54) is 11.1 Å². The summed E-state index contributed by atoms with van der Waals surface area (Å²) in [6.45, 7) is 5.16. The van der Waals surface area contributed by atoms with E-state index in [4.69, 9.17) is 9.84 Å². The van der Waals surface area contributed by atoms with Crippen LogP contribution in [0.1, 0.15) is 50.2 Å². The molecule has 1 aliphatic heterocycles. The molecule has 34 heavy (non-hydrogen) atoms. The first kappa shape index (κ1) is 23.8. The van der Waals surface area contributed by atoms with Gasteiger partial charge in [0.1, 0.15) is 6.61 Å². The quantitative estimate of drug-likeness (QED) is 0.609. The Morgan fingerprint density at radius 1 is 1.06 bits per heavy atom. The van der Waals surface area contributed by atoms with E-state index < -0.39 is 12.1 Å². The normalized spacial score (nSPS) is 17.9. The monoisotopic (exact) mass is 464 g/mol. The van der Waals surface area contributed by atoms with E-state index >= 15 is 0 Å². The first-order valence-electron chi connectivity index (χ1n) is 11.9. The number of hydrogen-bond donors (Lipinski definition) is 2. The molecule has 1 unspecified atom stereocenters. The number of aliphatic carboxylic acids is 1. The largest absolute Gasteiger partial charge is 0.481 e. The average Bonchev–Trinajstić information content (AvgIpc) is 3.39. The fourth-order valence-electron chi connectivity index (χ4n) is 5.03. The molecule has 2 aromatic carbocycles. The first-order chi connectivity index (χ1) is 16.3. The lowest BCUT2D eigenvalue weighted by Crippen LogP contribution is -2.43. The van der Waals surface area contributed by atoms with Crippen molar-refractivity contribution >= 4 is 18.0 Å². The van der Waals surface area contributed by atoms with Gasteiger partial charge in [0.15, 0.2) is 0 Å². The minimum absolute atomic E-state index is 0.00552. The summed E-state index contributed by atoms with van der Waals surface area (Å²) in [6, 6.07) is 16.0. The average molecular weight is 465 g/mol. The van der Waals surface area contributed by atoms with Gasteiger partial charge in [-0.2, -0.15) is 0 Å². The lowest BCUT2D eigenvalue weighted by Gasteiger charge is -2.25. The van der Waals surface area contributed by atoms with Crippen LogP contribution in [0.3, 0.4) is 0 Å². The van der Waals surface area contributed by atoms with E-state index in [1.54, 1.807) is 4.90 Å². The van der Waals surface area contributed by atoms with Crippen LogP contribution in [0.2, 0.25) is 0 Å². The molecule has 180 valence electrons. The zero-order valence-electron chi connectivity index (χ0n) is 19.7. The molecule has 7 heteroatoms. The molecule has 2 atom stereocenters. The summed E-state index contributed by atoms with van der Waals surface area (Å²) in [6.07, 6.45) is 0.417. The number of nitrogens with zero attached hydrogens (tertiary/aromatic N) is 1. The molecule has 0 saturated carbocycles. The third-order valence-electron chi connectivity index (χ3n) is 6.95. The maximum Gasteiger partial charge on any atom is 0.407 e. The SMILES string of the molecule is CC(C)[C@@H](CC(=O)N1CCC(CC(=O)O)C1)NC(=O)OCC1c2ccccc2-c2ccccc21. The molecule has 1 fully saturated rings. The van der Waals surface area contributed by atoms with Gasteiger partial charge in [-0.25, -0.2) is 4.79 Å². The number of likely N-dealkylation sites (tertiary alicyclic amines) is 1. The number of carboxylic acid groups (broad SMARTS) is 1. The van der Waals surface area contributed by atoms with Gasteiger partial charge in [-0.3, -0.25) is 9.59 Å². The Labute approximate surface area is 200 Å². The zero-order valence-corrected chi connectivity index (χ0v) is 19.7. The smallest absolute Gasteiger partial charge is 0.407 e. The first-order valence-corrected chi connectivity index (χ1v) is 11.9. The summed E-state index contributed by atoms with van der Waals surface area (Å²) < 4.78 is 5.65. The molecule has 7 nitrogen and oxygen atoms in total. The van der Waals surface area contributed by atoms with Crippen LogP contribution in [-0.4, -0.2) is 53.7 Å². The van der Waals surface area contributed by atoms with Crippen molar-refractivity contribution in [1.82, 2.24) is 10.2 Å². The molecular formula is C27H32N2O5. The van der Waals surface area contributed by atoms with E-state index in [0.717, 1.165) is 11.1 Å². The number of fused-ring (bicyclic) bond motifs is 3. The van der Waals surface area contributed by atoms with Crippen molar-refractivity contribution in [3.05, 3.63) is 59.7 Å². The Morgan fingerprint density at radius 3 is 2.26 bits per heavy atom. The van der Waals surface area contributed by atoms with Crippen molar-refractivity contribution in [2.45, 2.75) is 45.1 Å². The Kier molecular flexibility index (Phi) is 7.20. The predicted octanol–water partition coefficient (Wildman–Crippen LogP) is 4.26. The van der Waals surface area contributed by atoms with E-state index in [-0.39, 0.29) is 49.2 Å². The fourth-order valence-corrected chi connectivity index (χ4v) is 5.03. The summed E-state index contributed by atoms with van der Waals surface area (Å²) in [5, 5.41) is 11.9. The topological polar surface area (TPSA) is 95.9 Å². The van der Waals surface area contributed by atoms with Gasteiger partial charge in [0.2, 0.25) is 5.91 Å². The molecule has 0 aromatic heterocycles. The number of amides is 2. The van der Waals surface area contributed by atoms with Crippen molar-refractivity contribution in [3.63, 3.8) is 0 Å². The second-order valence-electron chi connectivity index (χ2n) is 9.62. The second-order valence-corrected chi connectivity index (χ2v) is 9.62. The van der Waals surface area contributed by atoms with Crippen LogP contribution in [0.5, 0.6) is 0 Å². The number of alkyl carbamates (subject to hydrolysis) is 1. The highest BCUT2D eigenvalue weighted by Crippen LogP contribution is 2.44. The van der Waals surface area contributed by atoms with Crippen LogP contribution in [0, 0.1) is 11.8 Å². The minimum atomic E-state index is -0.837. The number of rotatable bonds is 8. The molecule has 0 spiro atoms. The van der Waals surface area contributed by atoms with Gasteiger partial charge >= 0.3 is 12.1 Å². The van der Waals surface area contributed by atoms with Crippen molar-refractivity contribution in [2.24, 2.45) is 11.8 Å². The third-order valence-corrected chi connectivity index (χ3v) is 6.95. The standard InChI is InChI=1S/C27H32N2O5/c1-17(2)24(14-25(30)29-12-11-18(15-29)13-26(31)32)28-27(33)34-16-23-21-9-5-3-7-19(21)20-8-4-6-10-22(20)23/h3-10,17-18,23-24H,11-16H2,1-2H3,(H,28,33)(H,31,32)/t18?,24-/m1/s1. The molecule has 0 bridgehead atoms. The molecule has 2 aromatic rings. The van der Waals surface area contributed by atoms with Crippen molar-refractivity contribution in [3.8, 4) is 11.1 Å². The van der Waals surface area contributed by atoms with Crippen LogP contribution in [0.4, 0.5) is 4.79 Å². The highest BCUT2D eigenvalue weighted by molar-refractivity contribution is 5.80. The molecule has 2 amide bonds. The zero-order chi connectivity index (χ0) is 24.2. The predicted molar refractivity (Wildman–Crippen MR) is 128 cm³/mol. The van der Waals surface area contributed by atoms with Crippen molar-refractivity contribution in [1.29, 1.82) is 0 Å². The van der Waals surface area contributed by atoms with Crippen molar-refractivity contribution < 1.29 is 24.2 Å². The Morgan fingerprint density at radius 2 is 1.68 bits per heavy atom. The van der Waals surface area contributed by atoms with Crippen molar-refractivity contribution in [2.75, 3.05) is 19.7 Å². The maximum atomic E-state index is 12.8. The van der Waals surface area contributed by atoms with Gasteiger partial charge in [-0.05, 0) is 40.5 Å². The summed E-state index contributed by atoms with van der Waals surface area (Å²) >= 11 is 0. The highest BCUT2D eigenvalue weighted by Gasteiger charge is 2.32. The number of ether oxygens (including phenoxy) is 1. The summed E-state index contributed by atoms with van der Waals surface area (Å²) in [7, 11) is 0. The third kappa shape index (κ3) is 5.24. The lowest BCUT2D eigenvalue weighted by atomic mass is 9.98. The number of nitrogens with one attached hydrogen (secondary N) is 1. The van der Waals surface area contributed by atoms with E-state index in [9.17, 15) is 14.4 Å².